The van der Waals surface area contributed by atoms with Gasteiger partial charge in [0.05, 0.1) is 17.9 Å². The molecule has 0 aliphatic carbocycles. The number of ether oxygens (including phenoxy) is 1. The largest absolute Gasteiger partial charge is 0.490 e. The average Bonchev–Trinajstić information content (AvgIpc) is 3.09. The maximum atomic E-state index is 13.8. The van der Waals surface area contributed by atoms with Gasteiger partial charge in [0.2, 0.25) is 0 Å². The first-order valence-corrected chi connectivity index (χ1v) is 7.86. The van der Waals surface area contributed by atoms with Gasteiger partial charge >= 0.3 is 6.18 Å². The molecular weight excluding hydrogens is 347 g/mol. The lowest BCUT2D eigenvalue weighted by molar-refractivity contribution is -0.157. The van der Waals surface area contributed by atoms with E-state index in [-0.39, 0.29) is 24.7 Å². The lowest BCUT2D eigenvalue weighted by atomic mass is 10.1. The maximum Gasteiger partial charge on any atom is 0.414 e. The Hall–Kier alpha value is -2.87. The number of rotatable bonds is 6. The van der Waals surface area contributed by atoms with Crippen LogP contribution in [0, 0.1) is 0 Å². The summed E-state index contributed by atoms with van der Waals surface area (Å²) < 4.78 is 47.9. The van der Waals surface area contributed by atoms with Gasteiger partial charge in [-0.3, -0.25) is 4.98 Å². The van der Waals surface area contributed by atoms with Crippen LogP contribution in [0.25, 0.3) is 11.4 Å². The second kappa shape index (κ2) is 7.57. The number of hydrogen-bond acceptors (Lipinski definition) is 4. The summed E-state index contributed by atoms with van der Waals surface area (Å²) in [6, 6.07) is 9.04. The van der Waals surface area contributed by atoms with Crippen molar-refractivity contribution in [3.63, 3.8) is 0 Å². The first-order chi connectivity index (χ1) is 12.5. The lowest BCUT2D eigenvalue weighted by Crippen LogP contribution is -2.28. The maximum absolute atomic E-state index is 13.8. The van der Waals surface area contributed by atoms with Gasteiger partial charge in [-0.2, -0.15) is 13.2 Å². The molecule has 1 N–H and O–H groups in total. The molecule has 1 aromatic carbocycles. The van der Waals surface area contributed by atoms with Crippen molar-refractivity contribution in [1.82, 2.24) is 14.5 Å². The number of para-hydroxylation sites is 1. The number of alkyl halides is 3. The molecule has 0 radical (unpaired) electrons. The Morgan fingerprint density at radius 3 is 2.50 bits per heavy atom. The third-order valence-corrected chi connectivity index (χ3v) is 3.70. The Labute approximate surface area is 147 Å². The van der Waals surface area contributed by atoms with Gasteiger partial charge in [0, 0.05) is 18.6 Å². The van der Waals surface area contributed by atoms with Crippen LogP contribution in [0.15, 0.2) is 61.1 Å². The molecule has 2 heterocycles. The van der Waals surface area contributed by atoms with Crippen LogP contribution < -0.4 is 4.74 Å². The van der Waals surface area contributed by atoms with E-state index in [1.54, 1.807) is 30.3 Å². The minimum Gasteiger partial charge on any atom is -0.490 e. The Bertz CT molecular complexity index is 850. The van der Waals surface area contributed by atoms with Gasteiger partial charge in [-0.25, -0.2) is 4.98 Å². The van der Waals surface area contributed by atoms with E-state index in [4.69, 9.17) is 9.84 Å². The van der Waals surface area contributed by atoms with Crippen LogP contribution in [-0.4, -0.2) is 39.0 Å². The third-order valence-electron chi connectivity index (χ3n) is 3.70. The van der Waals surface area contributed by atoms with Gasteiger partial charge in [0.1, 0.15) is 18.2 Å². The molecule has 26 heavy (non-hydrogen) atoms. The van der Waals surface area contributed by atoms with Crippen LogP contribution in [0.1, 0.15) is 11.7 Å². The number of imidazole rings is 1. The van der Waals surface area contributed by atoms with Crippen LogP contribution >= 0.6 is 0 Å². The van der Waals surface area contributed by atoms with Crippen LogP contribution in [0.4, 0.5) is 13.2 Å². The number of aliphatic hydroxyl groups excluding tert-OH is 1. The summed E-state index contributed by atoms with van der Waals surface area (Å²) in [7, 11) is 0. The molecule has 1 unspecified atom stereocenters. The molecule has 8 heteroatoms. The van der Waals surface area contributed by atoms with Gasteiger partial charge in [-0.05, 0) is 24.3 Å². The zero-order valence-electron chi connectivity index (χ0n) is 13.6. The monoisotopic (exact) mass is 363 g/mol. The topological polar surface area (TPSA) is 60.2 Å². The number of aliphatic hydroxyl groups is 1. The minimum atomic E-state index is -4.56. The molecule has 2 aromatic heterocycles. The second-order valence-corrected chi connectivity index (χ2v) is 5.43. The standard InChI is InChI=1S/C18H16F3N3O2/c19-18(20,21)16(14-6-3-4-8-22-14)24-10-9-23-17(24)13-5-1-2-7-15(13)26-12-11-25/h1-10,16,25H,11-12H2. The van der Waals surface area contributed by atoms with E-state index in [1.165, 1.54) is 30.7 Å². The number of nitrogens with zero attached hydrogens (tertiary/aromatic N) is 3. The fourth-order valence-electron chi connectivity index (χ4n) is 2.67. The lowest BCUT2D eigenvalue weighted by Gasteiger charge is -2.23. The molecular formula is C18H16F3N3O2. The molecule has 3 rings (SSSR count). The molecule has 1 atom stereocenters. The van der Waals surface area contributed by atoms with Crippen molar-refractivity contribution < 1.29 is 23.0 Å². The first kappa shape index (κ1) is 17.9. The van der Waals surface area contributed by atoms with Crippen LogP contribution in [0.5, 0.6) is 5.75 Å². The zero-order chi connectivity index (χ0) is 18.6. The van der Waals surface area contributed by atoms with E-state index in [1.807, 2.05) is 0 Å². The molecule has 5 nitrogen and oxygen atoms in total. The van der Waals surface area contributed by atoms with Crippen molar-refractivity contribution in [1.29, 1.82) is 0 Å². The van der Waals surface area contributed by atoms with Crippen molar-refractivity contribution in [2.75, 3.05) is 13.2 Å². The summed E-state index contributed by atoms with van der Waals surface area (Å²) in [5.41, 5.74) is 0.268. The van der Waals surface area contributed by atoms with E-state index < -0.39 is 12.2 Å². The minimum absolute atomic E-state index is 0.0284. The van der Waals surface area contributed by atoms with Gasteiger partial charge in [-0.15, -0.1) is 0 Å². The highest BCUT2D eigenvalue weighted by molar-refractivity contribution is 5.64. The quantitative estimate of drug-likeness (QED) is 0.729. The fourth-order valence-corrected chi connectivity index (χ4v) is 2.67. The van der Waals surface area contributed by atoms with Gasteiger partial charge < -0.3 is 14.4 Å². The number of benzene rings is 1. The summed E-state index contributed by atoms with van der Waals surface area (Å²) in [6.45, 7) is -0.178. The zero-order valence-corrected chi connectivity index (χ0v) is 13.6. The smallest absolute Gasteiger partial charge is 0.414 e. The molecule has 0 amide bonds. The van der Waals surface area contributed by atoms with Crippen molar-refractivity contribution >= 4 is 0 Å². The summed E-state index contributed by atoms with van der Waals surface area (Å²) >= 11 is 0. The van der Waals surface area contributed by atoms with Crippen molar-refractivity contribution in [3.8, 4) is 17.1 Å². The van der Waals surface area contributed by atoms with Crippen LogP contribution in [-0.2, 0) is 0 Å². The number of hydrogen-bond donors (Lipinski definition) is 1. The molecule has 136 valence electrons. The summed E-state index contributed by atoms with van der Waals surface area (Å²) in [6.07, 6.45) is -0.668. The molecule has 3 aromatic rings. The normalized spacial score (nSPS) is 12.8. The highest BCUT2D eigenvalue weighted by Gasteiger charge is 2.44. The van der Waals surface area contributed by atoms with E-state index >= 15 is 0 Å². The molecule has 0 saturated carbocycles. The van der Waals surface area contributed by atoms with Gasteiger partial charge in [0.15, 0.2) is 6.04 Å². The van der Waals surface area contributed by atoms with E-state index in [0.29, 0.717) is 11.3 Å². The third kappa shape index (κ3) is 3.70. The van der Waals surface area contributed by atoms with Crippen molar-refractivity contribution in [2.24, 2.45) is 0 Å². The van der Waals surface area contributed by atoms with E-state index in [9.17, 15) is 13.2 Å². The van der Waals surface area contributed by atoms with Crippen LogP contribution in [0.3, 0.4) is 0 Å². The predicted octanol–water partition coefficient (Wildman–Crippen LogP) is 3.47. The Balaban J connectivity index is 2.10. The Kier molecular flexibility index (Phi) is 5.22. The van der Waals surface area contributed by atoms with Gasteiger partial charge in [0.25, 0.3) is 0 Å². The fraction of sp³-hybridized carbons (Fsp3) is 0.222. The first-order valence-electron chi connectivity index (χ1n) is 7.86. The number of halogens is 3. The Morgan fingerprint density at radius 2 is 1.81 bits per heavy atom. The molecule has 0 aliphatic rings. The number of pyridine rings is 1. The summed E-state index contributed by atoms with van der Waals surface area (Å²) in [5, 5.41) is 8.94. The highest BCUT2D eigenvalue weighted by Crippen LogP contribution is 2.39. The Morgan fingerprint density at radius 1 is 1.04 bits per heavy atom. The van der Waals surface area contributed by atoms with Crippen molar-refractivity contribution in [2.45, 2.75) is 12.2 Å². The molecule has 0 aliphatic heterocycles. The summed E-state index contributed by atoms with van der Waals surface area (Å²) in [5.74, 6) is 0.447. The second-order valence-electron chi connectivity index (χ2n) is 5.43. The predicted molar refractivity (Wildman–Crippen MR) is 88.7 cm³/mol. The van der Waals surface area contributed by atoms with E-state index in [0.717, 1.165) is 4.57 Å². The summed E-state index contributed by atoms with van der Waals surface area (Å²) in [4.78, 5) is 7.98. The van der Waals surface area contributed by atoms with Crippen molar-refractivity contribution in [3.05, 3.63) is 66.7 Å². The van der Waals surface area contributed by atoms with Gasteiger partial charge in [-0.1, -0.05) is 18.2 Å². The van der Waals surface area contributed by atoms with Crippen LogP contribution in [0.2, 0.25) is 0 Å². The molecule has 0 spiro atoms. The highest BCUT2D eigenvalue weighted by atomic mass is 19.4. The van der Waals surface area contributed by atoms with E-state index in [2.05, 4.69) is 9.97 Å². The molecule has 0 fully saturated rings. The average molecular weight is 363 g/mol. The molecule has 0 saturated heterocycles. The molecule has 0 bridgehead atoms. The SMILES string of the molecule is OCCOc1ccccc1-c1nccn1C(c1ccccn1)C(F)(F)F. The number of aromatic nitrogens is 3.